The molecule has 0 aliphatic rings. The minimum Gasteiger partial charge on any atom is -0.744 e. The minimum absolute atomic E-state index is 0. The first kappa shape index (κ1) is 31.6. The van der Waals surface area contributed by atoms with Gasteiger partial charge in [-0.15, -0.1) is 10.2 Å². The van der Waals surface area contributed by atoms with Gasteiger partial charge in [-0.05, 0) is 36.8 Å². The van der Waals surface area contributed by atoms with Gasteiger partial charge in [0.15, 0.2) is 5.69 Å². The van der Waals surface area contributed by atoms with Gasteiger partial charge in [-0.25, -0.2) is 13.1 Å². The van der Waals surface area contributed by atoms with Crippen LogP contribution in [0, 0.1) is 6.92 Å². The SMILES string of the molecule is C=Cc1ccc(-n2[nH]c(C)c(N=Nc3ccc4c(S(=O)(=O)[O-])cccc4c3SOO[O-])c2=O)cc1.[Na+].[Na+]. The molecule has 15 heteroatoms. The molecule has 0 saturated carbocycles. The van der Waals surface area contributed by atoms with E-state index in [0.29, 0.717) is 23.4 Å². The van der Waals surface area contributed by atoms with Crippen LogP contribution in [-0.2, 0) is 19.5 Å². The van der Waals surface area contributed by atoms with Gasteiger partial charge in [-0.2, -0.15) is 4.33 Å². The van der Waals surface area contributed by atoms with Gasteiger partial charge in [-0.1, -0.05) is 43.0 Å². The Morgan fingerprint density at radius 2 is 1.76 bits per heavy atom. The van der Waals surface area contributed by atoms with Crippen LogP contribution in [0.2, 0.25) is 0 Å². The molecule has 3 aromatic carbocycles. The monoisotopic (exact) mass is 558 g/mol. The summed E-state index contributed by atoms with van der Waals surface area (Å²) in [7, 11) is -4.77. The molecule has 180 valence electrons. The largest absolute Gasteiger partial charge is 1.00 e. The normalized spacial score (nSPS) is 11.3. The first-order valence-corrected chi connectivity index (χ1v) is 12.0. The Morgan fingerprint density at radius 1 is 1.05 bits per heavy atom. The van der Waals surface area contributed by atoms with Crippen molar-refractivity contribution in [3.8, 4) is 5.69 Å². The van der Waals surface area contributed by atoms with Crippen molar-refractivity contribution in [2.75, 3.05) is 0 Å². The Labute approximate surface area is 260 Å². The van der Waals surface area contributed by atoms with E-state index < -0.39 is 20.6 Å². The summed E-state index contributed by atoms with van der Waals surface area (Å²) in [5.74, 6) is 0. The summed E-state index contributed by atoms with van der Waals surface area (Å²) >= 11 is 0.460. The number of aryl methyl sites for hydroxylation is 1. The van der Waals surface area contributed by atoms with Crippen LogP contribution in [0.1, 0.15) is 11.3 Å². The molecule has 0 unspecified atom stereocenters. The van der Waals surface area contributed by atoms with Crippen LogP contribution >= 0.6 is 12.0 Å². The number of aromatic nitrogens is 2. The second-order valence-corrected chi connectivity index (χ2v) is 9.22. The standard InChI is InChI=1S/C22H18N4O7S2.2Na/c1-3-14-7-9-15(10-8-14)26-22(27)20(13(2)25-26)24-23-18-12-11-16-17(21(18)34-33-32-28)5-4-6-19(16)35(29,30)31;;/h3-12,25,28H,1H2,2H3,(H,29,30,31);;/q;2*+1/p-2. The third kappa shape index (κ3) is 6.89. The Kier molecular flexibility index (Phi) is 11.5. The molecule has 4 aromatic rings. The fourth-order valence-electron chi connectivity index (χ4n) is 3.42. The summed E-state index contributed by atoms with van der Waals surface area (Å²) in [6, 6.07) is 13.9. The maximum atomic E-state index is 13.0. The molecular weight excluding hydrogens is 542 g/mol. The van der Waals surface area contributed by atoms with Crippen LogP contribution in [-0.4, -0.2) is 22.8 Å². The predicted molar refractivity (Wildman–Crippen MR) is 125 cm³/mol. The molecule has 0 saturated heterocycles. The number of hydrogen-bond donors (Lipinski definition) is 1. The van der Waals surface area contributed by atoms with E-state index >= 15 is 0 Å². The molecule has 1 N–H and O–H groups in total. The van der Waals surface area contributed by atoms with Crippen LogP contribution in [0.4, 0.5) is 11.4 Å². The first-order chi connectivity index (χ1) is 16.7. The van der Waals surface area contributed by atoms with E-state index in [1.807, 2.05) is 0 Å². The van der Waals surface area contributed by atoms with Crippen molar-refractivity contribution in [1.82, 2.24) is 9.78 Å². The number of aromatic amines is 1. The summed E-state index contributed by atoms with van der Waals surface area (Å²) in [6.07, 6.45) is 1.68. The average molecular weight is 559 g/mol. The number of nitrogens with one attached hydrogen (secondary N) is 1. The second-order valence-electron chi connectivity index (χ2n) is 7.16. The van der Waals surface area contributed by atoms with E-state index in [1.165, 1.54) is 35.0 Å². The van der Waals surface area contributed by atoms with E-state index in [4.69, 9.17) is 0 Å². The van der Waals surface area contributed by atoms with Gasteiger partial charge in [0.05, 0.1) is 33.2 Å². The Balaban J connectivity index is 0.00000241. The van der Waals surface area contributed by atoms with Crippen molar-refractivity contribution in [2.45, 2.75) is 16.7 Å². The van der Waals surface area contributed by atoms with Crippen LogP contribution < -0.4 is 69.9 Å². The zero-order chi connectivity index (χ0) is 25.2. The topological polar surface area (TPSA) is 161 Å². The molecule has 0 spiro atoms. The minimum atomic E-state index is -4.77. The van der Waals surface area contributed by atoms with Crippen molar-refractivity contribution in [2.24, 2.45) is 10.2 Å². The molecule has 0 amide bonds. The summed E-state index contributed by atoms with van der Waals surface area (Å²) in [5, 5.41) is 25.3. The number of azo groups is 1. The number of benzene rings is 3. The molecule has 0 aliphatic carbocycles. The fraction of sp³-hybridized carbons (Fsp3) is 0.0455. The first-order valence-electron chi connectivity index (χ1n) is 9.85. The number of fused-ring (bicyclic) bond motifs is 1. The molecule has 0 radical (unpaired) electrons. The van der Waals surface area contributed by atoms with Crippen LogP contribution in [0.15, 0.2) is 86.0 Å². The maximum absolute atomic E-state index is 13.0. The van der Waals surface area contributed by atoms with Crippen molar-refractivity contribution in [3.05, 3.63) is 82.8 Å². The van der Waals surface area contributed by atoms with Crippen LogP contribution in [0.25, 0.3) is 22.5 Å². The summed E-state index contributed by atoms with van der Waals surface area (Å²) in [5.41, 5.74) is 1.64. The van der Waals surface area contributed by atoms with Gasteiger partial charge < -0.3 is 9.81 Å². The van der Waals surface area contributed by atoms with Crippen molar-refractivity contribution in [1.29, 1.82) is 0 Å². The quantitative estimate of drug-likeness (QED) is 0.0638. The van der Waals surface area contributed by atoms with Gasteiger partial charge in [0.25, 0.3) is 5.56 Å². The van der Waals surface area contributed by atoms with Crippen molar-refractivity contribution in [3.63, 3.8) is 0 Å². The molecule has 0 fully saturated rings. The number of rotatable bonds is 8. The molecule has 0 bridgehead atoms. The molecule has 0 aliphatic heterocycles. The van der Waals surface area contributed by atoms with E-state index in [-0.39, 0.29) is 86.2 Å². The molecule has 37 heavy (non-hydrogen) atoms. The van der Waals surface area contributed by atoms with Crippen LogP contribution in [0.5, 0.6) is 0 Å². The number of H-pyrrole nitrogens is 1. The van der Waals surface area contributed by atoms with E-state index in [9.17, 15) is 23.0 Å². The third-order valence-corrected chi connectivity index (χ3v) is 6.66. The van der Waals surface area contributed by atoms with E-state index in [0.717, 1.165) is 5.56 Å². The number of hydrogen-bond acceptors (Lipinski definition) is 10. The molecule has 4 rings (SSSR count). The number of nitrogens with zero attached hydrogens (tertiary/aromatic N) is 3. The molecule has 1 aromatic heterocycles. The van der Waals surface area contributed by atoms with E-state index in [1.54, 1.807) is 37.3 Å². The summed E-state index contributed by atoms with van der Waals surface area (Å²) < 4.78 is 40.7. The van der Waals surface area contributed by atoms with Gasteiger partial charge in [0, 0.05) is 10.8 Å². The third-order valence-electron chi connectivity index (χ3n) is 5.05. The molecular formula is C22H16N4Na2O7S2. The zero-order valence-electron chi connectivity index (χ0n) is 20.0. The van der Waals surface area contributed by atoms with Gasteiger partial charge in [0.1, 0.15) is 15.8 Å². The van der Waals surface area contributed by atoms with Gasteiger partial charge in [0.2, 0.25) is 0 Å². The smallest absolute Gasteiger partial charge is 0.744 e. The second kappa shape index (κ2) is 13.5. The molecule has 11 nitrogen and oxygen atoms in total. The maximum Gasteiger partial charge on any atom is 1.00 e. The summed E-state index contributed by atoms with van der Waals surface area (Å²) in [4.78, 5) is 12.7. The molecule has 0 atom stereocenters. The Morgan fingerprint density at radius 3 is 2.38 bits per heavy atom. The van der Waals surface area contributed by atoms with Gasteiger partial charge >= 0.3 is 59.1 Å². The zero-order valence-corrected chi connectivity index (χ0v) is 25.6. The molecule has 1 heterocycles. The van der Waals surface area contributed by atoms with E-state index in [2.05, 4.69) is 31.3 Å². The summed E-state index contributed by atoms with van der Waals surface area (Å²) in [6.45, 7) is 5.35. The average Bonchev–Trinajstić information content (AvgIpc) is 3.13. The van der Waals surface area contributed by atoms with Crippen molar-refractivity contribution < 1.29 is 86.7 Å². The van der Waals surface area contributed by atoms with Crippen LogP contribution in [0.3, 0.4) is 0 Å². The Hall–Kier alpha value is -1.59. The van der Waals surface area contributed by atoms with Crippen molar-refractivity contribution >= 4 is 50.4 Å². The Bertz CT molecular complexity index is 1620. The van der Waals surface area contributed by atoms with Gasteiger partial charge in [-0.3, -0.25) is 14.9 Å². The predicted octanol–water partition coefficient (Wildman–Crippen LogP) is -2.17. The fourth-order valence-corrected chi connectivity index (χ4v) is 4.67.